The van der Waals surface area contributed by atoms with Gasteiger partial charge in [0, 0.05) is 19.0 Å². The molecule has 0 bridgehead atoms. The zero-order valence-electron chi connectivity index (χ0n) is 21.9. The number of hydrogen-bond acceptors (Lipinski definition) is 6. The molecule has 3 rings (SSSR count). The normalized spacial score (nSPS) is 12.4. The summed E-state index contributed by atoms with van der Waals surface area (Å²) in [5.74, 6) is 0.251. The fourth-order valence-electron chi connectivity index (χ4n) is 4.23. The Labute approximate surface area is 226 Å². The molecule has 2 atom stereocenters. The number of aryl methyl sites for hydroxylation is 1. The topological polar surface area (TPSA) is 82.8 Å². The van der Waals surface area contributed by atoms with Gasteiger partial charge in [-0.2, -0.15) is 5.26 Å². The van der Waals surface area contributed by atoms with Gasteiger partial charge in [-0.05, 0) is 74.2 Å². The van der Waals surface area contributed by atoms with E-state index in [1.807, 2.05) is 19.2 Å². The van der Waals surface area contributed by atoms with Gasteiger partial charge >= 0.3 is 5.97 Å². The van der Waals surface area contributed by atoms with E-state index < -0.39 is 6.10 Å². The van der Waals surface area contributed by atoms with Crippen molar-refractivity contribution in [3.05, 3.63) is 77.4 Å². The number of carbonyl (C=O) groups excluding carboxylic acids is 1. The number of benzene rings is 3. The van der Waals surface area contributed by atoms with Crippen molar-refractivity contribution in [3.8, 4) is 11.8 Å². The highest BCUT2D eigenvalue weighted by Crippen LogP contribution is 2.21. The lowest BCUT2D eigenvalue weighted by molar-refractivity contribution is -0.143. The van der Waals surface area contributed by atoms with E-state index in [2.05, 4.69) is 54.3 Å². The number of nitriles is 1. The fourth-order valence-corrected chi connectivity index (χ4v) is 4.23. The highest BCUT2D eigenvalue weighted by molar-refractivity contribution is 5.85. The number of hydrogen-bond donors (Lipinski definition) is 1. The molecule has 37 heavy (non-hydrogen) atoms. The molecule has 0 fully saturated rings. The van der Waals surface area contributed by atoms with Gasteiger partial charge in [-0.25, -0.2) is 0 Å². The first-order valence-corrected chi connectivity index (χ1v) is 12.6. The average Bonchev–Trinajstić information content (AvgIpc) is 2.87. The van der Waals surface area contributed by atoms with Gasteiger partial charge in [0.2, 0.25) is 0 Å². The highest BCUT2D eigenvalue weighted by atomic mass is 35.5. The molecular formula is C30H37ClN2O4. The third kappa shape index (κ3) is 9.36. The van der Waals surface area contributed by atoms with Crippen LogP contribution in [0, 0.1) is 11.3 Å². The lowest BCUT2D eigenvalue weighted by Crippen LogP contribution is -2.39. The monoisotopic (exact) mass is 524 g/mol. The SMILES string of the molecule is CCOC(=O)CCCc1ccc(OC[C@H](O)CN(C)C(C)Cc2ccc3ccccc3c2)c(C#N)c1.Cl. The minimum Gasteiger partial charge on any atom is -0.489 e. The van der Waals surface area contributed by atoms with Gasteiger partial charge in [0.1, 0.15) is 24.5 Å². The number of fused-ring (bicyclic) bond motifs is 1. The number of rotatable bonds is 13. The Morgan fingerprint density at radius 3 is 2.54 bits per heavy atom. The highest BCUT2D eigenvalue weighted by Gasteiger charge is 2.16. The molecular weight excluding hydrogens is 488 g/mol. The summed E-state index contributed by atoms with van der Waals surface area (Å²) in [6.07, 6.45) is 1.88. The van der Waals surface area contributed by atoms with Crippen molar-refractivity contribution in [1.82, 2.24) is 4.90 Å². The van der Waals surface area contributed by atoms with E-state index in [0.717, 1.165) is 12.0 Å². The summed E-state index contributed by atoms with van der Waals surface area (Å²) in [6, 6.07) is 22.7. The van der Waals surface area contributed by atoms with Gasteiger partial charge in [0.25, 0.3) is 0 Å². The zero-order valence-corrected chi connectivity index (χ0v) is 22.7. The Kier molecular flexibility index (Phi) is 12.4. The van der Waals surface area contributed by atoms with E-state index in [9.17, 15) is 15.2 Å². The number of aliphatic hydroxyl groups excluding tert-OH is 1. The molecule has 1 unspecified atom stereocenters. The Balaban J connectivity index is 0.00000481. The Hall–Kier alpha value is -3.11. The van der Waals surface area contributed by atoms with E-state index >= 15 is 0 Å². The van der Waals surface area contributed by atoms with Crippen molar-refractivity contribution in [2.24, 2.45) is 0 Å². The Morgan fingerprint density at radius 1 is 1.08 bits per heavy atom. The predicted octanol–water partition coefficient (Wildman–Crippen LogP) is 5.32. The van der Waals surface area contributed by atoms with Crippen LogP contribution in [0.1, 0.15) is 43.4 Å². The predicted molar refractivity (Wildman–Crippen MR) is 149 cm³/mol. The summed E-state index contributed by atoms with van der Waals surface area (Å²) in [5, 5.41) is 22.6. The molecule has 0 aliphatic rings. The van der Waals surface area contributed by atoms with Gasteiger partial charge in [0.05, 0.1) is 12.2 Å². The largest absolute Gasteiger partial charge is 0.489 e. The molecule has 0 heterocycles. The molecule has 0 amide bonds. The smallest absolute Gasteiger partial charge is 0.305 e. The molecule has 6 nitrogen and oxygen atoms in total. The van der Waals surface area contributed by atoms with Crippen LogP contribution in [-0.4, -0.2) is 54.9 Å². The third-order valence-electron chi connectivity index (χ3n) is 6.34. The summed E-state index contributed by atoms with van der Waals surface area (Å²) < 4.78 is 10.7. The van der Waals surface area contributed by atoms with Crippen molar-refractivity contribution in [3.63, 3.8) is 0 Å². The van der Waals surface area contributed by atoms with Crippen LogP contribution in [-0.2, 0) is 22.4 Å². The molecule has 7 heteroatoms. The van der Waals surface area contributed by atoms with E-state index in [1.165, 1.54) is 16.3 Å². The first-order valence-electron chi connectivity index (χ1n) is 12.6. The second-order valence-electron chi connectivity index (χ2n) is 9.24. The second-order valence-corrected chi connectivity index (χ2v) is 9.24. The molecule has 198 valence electrons. The number of aliphatic hydroxyl groups is 1. The average molecular weight is 525 g/mol. The van der Waals surface area contributed by atoms with Crippen LogP contribution in [0.25, 0.3) is 10.8 Å². The van der Waals surface area contributed by atoms with E-state index in [-0.39, 0.29) is 31.0 Å². The van der Waals surface area contributed by atoms with Crippen LogP contribution >= 0.6 is 12.4 Å². The van der Waals surface area contributed by atoms with Gasteiger partial charge < -0.3 is 19.5 Å². The van der Waals surface area contributed by atoms with E-state index in [4.69, 9.17) is 9.47 Å². The van der Waals surface area contributed by atoms with E-state index in [0.29, 0.717) is 43.7 Å². The number of carbonyl (C=O) groups is 1. The molecule has 0 saturated carbocycles. The number of halogens is 1. The summed E-state index contributed by atoms with van der Waals surface area (Å²) >= 11 is 0. The number of ether oxygens (including phenoxy) is 2. The number of esters is 1. The van der Waals surface area contributed by atoms with Crippen LogP contribution in [0.15, 0.2) is 60.7 Å². The van der Waals surface area contributed by atoms with E-state index in [1.54, 1.807) is 19.1 Å². The van der Waals surface area contributed by atoms with Crippen molar-refractivity contribution in [2.45, 2.75) is 51.7 Å². The molecule has 0 radical (unpaired) electrons. The van der Waals surface area contributed by atoms with Crippen LogP contribution < -0.4 is 4.74 Å². The van der Waals surface area contributed by atoms with Crippen molar-refractivity contribution >= 4 is 29.1 Å². The Bertz CT molecular complexity index is 1190. The van der Waals surface area contributed by atoms with Gasteiger partial charge in [-0.3, -0.25) is 4.79 Å². The lowest BCUT2D eigenvalue weighted by Gasteiger charge is -2.27. The molecule has 0 spiro atoms. The molecule has 3 aromatic carbocycles. The standard InChI is InChI=1S/C30H36N2O4.ClH/c1-4-35-30(34)11-7-8-23-13-15-29(27(17-23)19-31)36-21-28(33)20-32(3)22(2)16-24-12-14-25-9-5-6-10-26(25)18-24;/h5-6,9-10,12-15,17-18,22,28,33H,4,7-8,11,16,20-21H2,1-3H3;1H/t22?,28-;/m1./s1. The Morgan fingerprint density at radius 2 is 1.81 bits per heavy atom. The van der Waals surface area contributed by atoms with Crippen molar-refractivity contribution in [1.29, 1.82) is 5.26 Å². The fraction of sp³-hybridized carbons (Fsp3) is 0.400. The van der Waals surface area contributed by atoms with Gasteiger partial charge in [-0.15, -0.1) is 12.4 Å². The van der Waals surface area contributed by atoms with Crippen LogP contribution in [0.4, 0.5) is 0 Å². The molecule has 0 saturated heterocycles. The minimum absolute atomic E-state index is 0. The maximum atomic E-state index is 11.5. The van der Waals surface area contributed by atoms with Crippen LogP contribution in [0.5, 0.6) is 5.75 Å². The zero-order chi connectivity index (χ0) is 25.9. The second kappa shape index (κ2) is 15.2. The summed E-state index contributed by atoms with van der Waals surface area (Å²) in [4.78, 5) is 13.6. The first-order chi connectivity index (χ1) is 17.4. The maximum Gasteiger partial charge on any atom is 0.305 e. The molecule has 3 aromatic rings. The van der Waals surface area contributed by atoms with Gasteiger partial charge in [-0.1, -0.05) is 48.5 Å². The number of nitrogens with zero attached hydrogens (tertiary/aromatic N) is 2. The minimum atomic E-state index is -0.690. The van der Waals surface area contributed by atoms with Crippen molar-refractivity contribution < 1.29 is 19.4 Å². The molecule has 0 aliphatic heterocycles. The summed E-state index contributed by atoms with van der Waals surface area (Å²) in [6.45, 7) is 4.88. The maximum absolute atomic E-state index is 11.5. The van der Waals surface area contributed by atoms with Crippen LogP contribution in [0.3, 0.4) is 0 Å². The quantitative estimate of drug-likeness (QED) is 0.305. The van der Waals surface area contributed by atoms with Crippen LogP contribution in [0.2, 0.25) is 0 Å². The molecule has 0 aromatic heterocycles. The molecule has 0 aliphatic carbocycles. The van der Waals surface area contributed by atoms with Crippen molar-refractivity contribution in [2.75, 3.05) is 26.8 Å². The van der Waals surface area contributed by atoms with Gasteiger partial charge in [0.15, 0.2) is 0 Å². The molecule has 1 N–H and O–H groups in total. The number of likely N-dealkylation sites (N-methyl/N-ethyl adjacent to an activating group) is 1. The summed E-state index contributed by atoms with van der Waals surface area (Å²) in [5.41, 5.74) is 2.65. The first kappa shape index (κ1) is 30.1. The third-order valence-corrected chi connectivity index (χ3v) is 6.34. The summed E-state index contributed by atoms with van der Waals surface area (Å²) in [7, 11) is 2.00. The lowest BCUT2D eigenvalue weighted by atomic mass is 10.0.